The molecule has 0 unspecified atom stereocenters. The van der Waals surface area contributed by atoms with E-state index in [1.54, 1.807) is 26.0 Å². The van der Waals surface area contributed by atoms with Gasteiger partial charge in [-0.15, -0.1) is 0 Å². The molecule has 0 bridgehead atoms. The summed E-state index contributed by atoms with van der Waals surface area (Å²) in [5.74, 6) is 0.634. The van der Waals surface area contributed by atoms with Gasteiger partial charge in [0, 0.05) is 11.8 Å². The third-order valence-electron chi connectivity index (χ3n) is 5.19. The molecule has 8 nitrogen and oxygen atoms in total. The first-order valence-electron chi connectivity index (χ1n) is 10.9. The number of nitrogens with one attached hydrogen (secondary N) is 1. The number of fused-ring (bicyclic) bond motifs is 1. The summed E-state index contributed by atoms with van der Waals surface area (Å²) >= 11 is 0. The van der Waals surface area contributed by atoms with Crippen molar-refractivity contribution in [3.05, 3.63) is 82.7 Å². The van der Waals surface area contributed by atoms with Crippen molar-refractivity contribution in [1.29, 1.82) is 0 Å². The Morgan fingerprint density at radius 3 is 2.37 bits per heavy atom. The van der Waals surface area contributed by atoms with Gasteiger partial charge in [-0.25, -0.2) is 17.8 Å². The molecule has 1 N–H and O–H groups in total. The van der Waals surface area contributed by atoms with E-state index >= 15 is 0 Å². The summed E-state index contributed by atoms with van der Waals surface area (Å²) in [4.78, 5) is 17.7. The normalized spacial score (nSPS) is 11.4. The maximum absolute atomic E-state index is 13.4. The smallest absolute Gasteiger partial charge is 0.266 e. The van der Waals surface area contributed by atoms with Gasteiger partial charge in [0.05, 0.1) is 29.8 Å². The highest BCUT2D eigenvalue weighted by Crippen LogP contribution is 2.30. The maximum Gasteiger partial charge on any atom is 0.266 e. The van der Waals surface area contributed by atoms with Gasteiger partial charge in [-0.3, -0.25) is 14.1 Å². The fourth-order valence-corrected chi connectivity index (χ4v) is 4.88. The average Bonchev–Trinajstić information content (AvgIpc) is 2.81. The van der Waals surface area contributed by atoms with Gasteiger partial charge in [0.15, 0.2) is 0 Å². The third kappa shape index (κ3) is 4.97. The van der Waals surface area contributed by atoms with Gasteiger partial charge in [0.2, 0.25) is 0 Å². The van der Waals surface area contributed by atoms with Gasteiger partial charge >= 0.3 is 0 Å². The summed E-state index contributed by atoms with van der Waals surface area (Å²) in [6.45, 7) is 5.94. The van der Waals surface area contributed by atoms with Gasteiger partial charge in [-0.1, -0.05) is 0 Å². The van der Waals surface area contributed by atoms with Crippen molar-refractivity contribution in [1.82, 2.24) is 9.55 Å². The standard InChI is InChI=1S/C25H24FN3O5S/c1-4-33-20-11-13-24(23(15-20)34-5-2)35(31,32)28-18-8-12-22-21(14-18)25(30)29(16(3)27-22)19-9-6-17(26)7-10-19/h6-15,28H,4-5H2,1-3H3. The Hall–Kier alpha value is -3.92. The van der Waals surface area contributed by atoms with Crippen LogP contribution in [0.25, 0.3) is 16.6 Å². The lowest BCUT2D eigenvalue weighted by molar-refractivity contribution is 0.317. The molecule has 0 atom stereocenters. The van der Waals surface area contributed by atoms with Crippen LogP contribution in [0.2, 0.25) is 0 Å². The van der Waals surface area contributed by atoms with Gasteiger partial charge < -0.3 is 9.47 Å². The topological polar surface area (TPSA) is 99.5 Å². The average molecular weight is 498 g/mol. The number of ether oxygens (including phenoxy) is 2. The number of rotatable bonds is 8. The summed E-state index contributed by atoms with van der Waals surface area (Å²) in [5, 5.41) is 0.205. The number of aryl methyl sites for hydroxylation is 1. The lowest BCUT2D eigenvalue weighted by atomic mass is 10.2. The van der Waals surface area contributed by atoms with Crippen molar-refractivity contribution in [3.8, 4) is 17.2 Å². The Morgan fingerprint density at radius 1 is 0.971 bits per heavy atom. The highest BCUT2D eigenvalue weighted by atomic mass is 32.2. The molecule has 10 heteroatoms. The molecule has 0 fully saturated rings. The fourth-order valence-electron chi connectivity index (χ4n) is 3.70. The minimum atomic E-state index is -4.06. The lowest BCUT2D eigenvalue weighted by Crippen LogP contribution is -2.22. The summed E-state index contributed by atoms with van der Waals surface area (Å²) < 4.78 is 54.6. The molecule has 1 aromatic heterocycles. The predicted molar refractivity (Wildman–Crippen MR) is 132 cm³/mol. The zero-order valence-electron chi connectivity index (χ0n) is 19.4. The molecule has 0 radical (unpaired) electrons. The van der Waals surface area contributed by atoms with E-state index < -0.39 is 21.4 Å². The molecular formula is C25H24FN3O5S. The molecular weight excluding hydrogens is 473 g/mol. The van der Waals surface area contributed by atoms with E-state index in [-0.39, 0.29) is 28.3 Å². The number of nitrogens with zero attached hydrogens (tertiary/aromatic N) is 2. The Labute approximate surface area is 202 Å². The van der Waals surface area contributed by atoms with Crippen molar-refractivity contribution >= 4 is 26.6 Å². The zero-order chi connectivity index (χ0) is 25.2. The first-order chi connectivity index (χ1) is 16.7. The lowest BCUT2D eigenvalue weighted by Gasteiger charge is -2.15. The number of anilines is 1. The van der Waals surface area contributed by atoms with E-state index in [4.69, 9.17) is 9.47 Å². The van der Waals surface area contributed by atoms with Crippen LogP contribution in [0.15, 0.2) is 70.4 Å². The van der Waals surface area contributed by atoms with E-state index in [1.807, 2.05) is 6.92 Å². The van der Waals surface area contributed by atoms with E-state index in [1.165, 1.54) is 53.1 Å². The SMILES string of the molecule is CCOc1ccc(S(=O)(=O)Nc2ccc3nc(C)n(-c4ccc(F)cc4)c(=O)c3c2)c(OCC)c1. The monoisotopic (exact) mass is 497 g/mol. The molecule has 35 heavy (non-hydrogen) atoms. The van der Waals surface area contributed by atoms with Crippen LogP contribution in [0.4, 0.5) is 10.1 Å². The van der Waals surface area contributed by atoms with Crippen LogP contribution in [0.5, 0.6) is 11.5 Å². The second-order valence-corrected chi connectivity index (χ2v) is 9.24. The van der Waals surface area contributed by atoms with Gasteiger partial charge in [-0.2, -0.15) is 0 Å². The first-order valence-corrected chi connectivity index (χ1v) is 12.4. The summed E-state index contributed by atoms with van der Waals surface area (Å²) in [6.07, 6.45) is 0. The number of hydrogen-bond donors (Lipinski definition) is 1. The summed E-state index contributed by atoms with van der Waals surface area (Å²) in [5.41, 5.74) is 0.633. The Morgan fingerprint density at radius 2 is 1.69 bits per heavy atom. The second-order valence-electron chi connectivity index (χ2n) is 7.59. The third-order valence-corrected chi connectivity index (χ3v) is 6.61. The Bertz CT molecular complexity index is 1550. The number of hydrogen-bond acceptors (Lipinski definition) is 6. The first kappa shape index (κ1) is 24.2. The number of aromatic nitrogens is 2. The number of halogens is 1. The molecule has 0 aliphatic rings. The van der Waals surface area contributed by atoms with Crippen LogP contribution in [-0.2, 0) is 10.0 Å². The molecule has 182 valence electrons. The molecule has 0 saturated carbocycles. The van der Waals surface area contributed by atoms with Crippen molar-refractivity contribution in [3.63, 3.8) is 0 Å². The highest BCUT2D eigenvalue weighted by Gasteiger charge is 2.21. The van der Waals surface area contributed by atoms with Crippen molar-refractivity contribution in [2.24, 2.45) is 0 Å². The van der Waals surface area contributed by atoms with E-state index in [2.05, 4.69) is 9.71 Å². The molecule has 4 aromatic rings. The fraction of sp³-hybridized carbons (Fsp3) is 0.200. The second kappa shape index (κ2) is 9.75. The minimum Gasteiger partial charge on any atom is -0.494 e. The summed E-state index contributed by atoms with van der Waals surface area (Å²) in [6, 6.07) is 14.5. The molecule has 1 heterocycles. The van der Waals surface area contributed by atoms with Crippen molar-refractivity contribution in [2.75, 3.05) is 17.9 Å². The van der Waals surface area contributed by atoms with Crippen molar-refractivity contribution < 1.29 is 22.3 Å². The quantitative estimate of drug-likeness (QED) is 0.387. The van der Waals surface area contributed by atoms with Crippen LogP contribution in [0, 0.1) is 12.7 Å². The zero-order valence-corrected chi connectivity index (χ0v) is 20.2. The van der Waals surface area contributed by atoms with E-state index in [9.17, 15) is 17.6 Å². The predicted octanol–water partition coefficient (Wildman–Crippen LogP) is 4.43. The maximum atomic E-state index is 13.4. The molecule has 0 saturated heterocycles. The van der Waals surface area contributed by atoms with Crippen LogP contribution in [-0.4, -0.2) is 31.2 Å². The molecule has 0 aliphatic carbocycles. The molecule has 0 aliphatic heterocycles. The minimum absolute atomic E-state index is 0.0614. The number of sulfonamides is 1. The van der Waals surface area contributed by atoms with Crippen molar-refractivity contribution in [2.45, 2.75) is 25.7 Å². The molecule has 0 amide bonds. The van der Waals surface area contributed by atoms with Gasteiger partial charge in [0.25, 0.3) is 15.6 Å². The highest BCUT2D eigenvalue weighted by molar-refractivity contribution is 7.92. The number of benzene rings is 3. The molecule has 0 spiro atoms. The van der Waals surface area contributed by atoms with Crippen LogP contribution in [0.3, 0.4) is 0 Å². The van der Waals surface area contributed by atoms with E-state index in [0.29, 0.717) is 29.4 Å². The van der Waals surface area contributed by atoms with Gasteiger partial charge in [0.1, 0.15) is 28.0 Å². The van der Waals surface area contributed by atoms with Crippen LogP contribution >= 0.6 is 0 Å². The van der Waals surface area contributed by atoms with Crippen LogP contribution < -0.4 is 19.8 Å². The molecule has 4 rings (SSSR count). The largest absolute Gasteiger partial charge is 0.494 e. The summed E-state index contributed by atoms with van der Waals surface area (Å²) in [7, 11) is -4.06. The molecule has 3 aromatic carbocycles. The Kier molecular flexibility index (Phi) is 6.74. The Balaban J connectivity index is 1.75. The van der Waals surface area contributed by atoms with E-state index in [0.717, 1.165) is 0 Å². The van der Waals surface area contributed by atoms with Gasteiger partial charge in [-0.05, 0) is 75.4 Å². The van der Waals surface area contributed by atoms with Crippen LogP contribution in [0.1, 0.15) is 19.7 Å².